The summed E-state index contributed by atoms with van der Waals surface area (Å²) < 4.78 is 45.5. The van der Waals surface area contributed by atoms with E-state index in [1.54, 1.807) is 31.4 Å². The Bertz CT molecular complexity index is 1160. The molecule has 0 spiro atoms. The van der Waals surface area contributed by atoms with Crippen molar-refractivity contribution in [3.05, 3.63) is 54.5 Å². The summed E-state index contributed by atoms with van der Waals surface area (Å²) in [6.07, 6.45) is 1.06. The Morgan fingerprint density at radius 2 is 1.91 bits per heavy atom. The van der Waals surface area contributed by atoms with Gasteiger partial charge in [0, 0.05) is 24.8 Å². The molecule has 0 aliphatic carbocycles. The van der Waals surface area contributed by atoms with E-state index in [0.29, 0.717) is 36.0 Å². The van der Waals surface area contributed by atoms with E-state index in [0.717, 1.165) is 25.0 Å². The maximum atomic E-state index is 14.5. The summed E-state index contributed by atoms with van der Waals surface area (Å²) in [4.78, 5) is 10.5. The SMILES string of the molecule is COc1cc(N2CCOCC2)ccc1Nc1ncc(F)c(Nc2ccccc2NCS(=O)O)n1. The normalized spacial score (nSPS) is 14.4. The highest BCUT2D eigenvalue weighted by atomic mass is 32.2. The van der Waals surface area contributed by atoms with Crippen LogP contribution < -0.4 is 25.6 Å². The molecule has 1 unspecified atom stereocenters. The Morgan fingerprint density at radius 1 is 1.15 bits per heavy atom. The Kier molecular flexibility index (Phi) is 7.72. The number of ether oxygens (including phenoxy) is 2. The molecule has 1 aliphatic heterocycles. The molecule has 34 heavy (non-hydrogen) atoms. The van der Waals surface area contributed by atoms with Crippen molar-refractivity contribution >= 4 is 45.6 Å². The molecule has 2 aromatic carbocycles. The van der Waals surface area contributed by atoms with Crippen LogP contribution >= 0.6 is 0 Å². The van der Waals surface area contributed by atoms with E-state index in [2.05, 4.69) is 30.8 Å². The molecule has 2 heterocycles. The fourth-order valence-corrected chi connectivity index (χ4v) is 3.73. The lowest BCUT2D eigenvalue weighted by molar-refractivity contribution is 0.122. The summed E-state index contributed by atoms with van der Waals surface area (Å²) in [5.41, 5.74) is 2.66. The second-order valence-corrected chi connectivity index (χ2v) is 8.24. The third-order valence-electron chi connectivity index (χ3n) is 5.12. The molecule has 4 N–H and O–H groups in total. The van der Waals surface area contributed by atoms with Gasteiger partial charge in [-0.05, 0) is 24.3 Å². The minimum atomic E-state index is -2.03. The number of hydrogen-bond donors (Lipinski definition) is 4. The quantitative estimate of drug-likeness (QED) is 0.333. The molecule has 12 heteroatoms. The summed E-state index contributed by atoms with van der Waals surface area (Å²) >= 11 is -2.03. The average molecular weight is 489 g/mol. The highest BCUT2D eigenvalue weighted by Crippen LogP contribution is 2.32. The maximum Gasteiger partial charge on any atom is 0.229 e. The van der Waals surface area contributed by atoms with E-state index >= 15 is 0 Å². The van der Waals surface area contributed by atoms with Crippen LogP contribution in [0, 0.1) is 5.82 Å². The van der Waals surface area contributed by atoms with Crippen molar-refractivity contribution in [3.63, 3.8) is 0 Å². The maximum absolute atomic E-state index is 14.5. The monoisotopic (exact) mass is 488 g/mol. The van der Waals surface area contributed by atoms with Crippen molar-refractivity contribution in [2.75, 3.05) is 60.1 Å². The number of anilines is 6. The van der Waals surface area contributed by atoms with Gasteiger partial charge in [0.15, 0.2) is 22.7 Å². The largest absolute Gasteiger partial charge is 0.494 e. The van der Waals surface area contributed by atoms with Crippen LogP contribution in [-0.2, 0) is 15.8 Å². The summed E-state index contributed by atoms with van der Waals surface area (Å²) in [5.74, 6) is -0.111. The molecule has 10 nitrogen and oxygen atoms in total. The van der Waals surface area contributed by atoms with Gasteiger partial charge < -0.3 is 34.9 Å². The zero-order chi connectivity index (χ0) is 23.9. The number of morpholine rings is 1. The van der Waals surface area contributed by atoms with Crippen molar-refractivity contribution in [3.8, 4) is 5.75 Å². The summed E-state index contributed by atoms with van der Waals surface area (Å²) in [6.45, 7) is 2.96. The first kappa shape index (κ1) is 23.7. The number of benzene rings is 2. The number of nitrogens with zero attached hydrogens (tertiary/aromatic N) is 3. The molecule has 1 saturated heterocycles. The number of rotatable bonds is 9. The average Bonchev–Trinajstić information content (AvgIpc) is 2.86. The van der Waals surface area contributed by atoms with Crippen molar-refractivity contribution in [2.45, 2.75) is 0 Å². The van der Waals surface area contributed by atoms with Crippen LogP contribution in [0.3, 0.4) is 0 Å². The second-order valence-electron chi connectivity index (χ2n) is 7.31. The number of nitrogens with one attached hydrogen (secondary N) is 3. The zero-order valence-electron chi connectivity index (χ0n) is 18.5. The molecule has 180 valence electrons. The van der Waals surface area contributed by atoms with Gasteiger partial charge in [-0.3, -0.25) is 0 Å². The van der Waals surface area contributed by atoms with Gasteiger partial charge in [-0.25, -0.2) is 13.6 Å². The first-order valence-electron chi connectivity index (χ1n) is 10.5. The van der Waals surface area contributed by atoms with Crippen LogP contribution in [0.25, 0.3) is 0 Å². The van der Waals surface area contributed by atoms with Crippen LogP contribution in [-0.4, -0.2) is 58.0 Å². The van der Waals surface area contributed by atoms with E-state index in [1.165, 1.54) is 0 Å². The number of halogens is 1. The van der Waals surface area contributed by atoms with E-state index in [4.69, 9.17) is 14.0 Å². The molecule has 1 aliphatic rings. The van der Waals surface area contributed by atoms with Crippen molar-refractivity contribution < 1.29 is 22.6 Å². The molecule has 1 fully saturated rings. The topological polar surface area (TPSA) is 121 Å². The van der Waals surface area contributed by atoms with E-state index in [9.17, 15) is 8.60 Å². The van der Waals surface area contributed by atoms with Gasteiger partial charge in [0.05, 0.1) is 43.6 Å². The fourth-order valence-electron chi connectivity index (χ4n) is 3.45. The highest BCUT2D eigenvalue weighted by molar-refractivity contribution is 7.79. The first-order chi connectivity index (χ1) is 16.5. The lowest BCUT2D eigenvalue weighted by Gasteiger charge is -2.29. The van der Waals surface area contributed by atoms with Gasteiger partial charge in [0.25, 0.3) is 0 Å². The summed E-state index contributed by atoms with van der Waals surface area (Å²) in [6, 6.07) is 12.7. The molecule has 1 aromatic heterocycles. The van der Waals surface area contributed by atoms with Gasteiger partial charge in [0.1, 0.15) is 11.6 Å². The smallest absolute Gasteiger partial charge is 0.229 e. The van der Waals surface area contributed by atoms with Gasteiger partial charge in [-0.15, -0.1) is 0 Å². The molecular formula is C22H25FN6O4S. The molecule has 0 saturated carbocycles. The highest BCUT2D eigenvalue weighted by Gasteiger charge is 2.15. The Balaban J connectivity index is 1.53. The lowest BCUT2D eigenvalue weighted by Crippen LogP contribution is -2.36. The predicted octanol–water partition coefficient (Wildman–Crippen LogP) is 3.54. The second kappa shape index (κ2) is 11.1. The standard InChI is InChI=1S/C22H25FN6O4S/c1-32-20-12-15(29-8-10-33-11-9-29)6-7-19(20)27-22-24-13-16(23)21(28-22)26-18-5-3-2-4-17(18)25-14-34(30)31/h2-7,12-13,25H,8-11,14H2,1H3,(H,30,31)(H2,24,26,27,28). The molecule has 4 rings (SSSR count). The number of para-hydroxylation sites is 2. The first-order valence-corrected chi connectivity index (χ1v) is 11.8. The Labute approximate surface area is 198 Å². The van der Waals surface area contributed by atoms with Crippen LogP contribution in [0.4, 0.5) is 38.9 Å². The molecule has 0 radical (unpaired) electrons. The van der Waals surface area contributed by atoms with Crippen molar-refractivity contribution in [1.29, 1.82) is 0 Å². The van der Waals surface area contributed by atoms with Gasteiger partial charge >= 0.3 is 0 Å². The van der Waals surface area contributed by atoms with Crippen LogP contribution in [0.15, 0.2) is 48.7 Å². The van der Waals surface area contributed by atoms with Gasteiger partial charge in [-0.1, -0.05) is 12.1 Å². The summed E-state index contributed by atoms with van der Waals surface area (Å²) in [7, 11) is 1.57. The van der Waals surface area contributed by atoms with E-state index < -0.39 is 16.9 Å². The number of hydrogen-bond acceptors (Lipinski definition) is 9. The lowest BCUT2D eigenvalue weighted by atomic mass is 10.2. The minimum Gasteiger partial charge on any atom is -0.494 e. The number of methoxy groups -OCH3 is 1. The van der Waals surface area contributed by atoms with Crippen molar-refractivity contribution in [2.24, 2.45) is 0 Å². The van der Waals surface area contributed by atoms with Crippen LogP contribution in [0.1, 0.15) is 0 Å². The molecule has 3 aromatic rings. The minimum absolute atomic E-state index is 0.0548. The molecular weight excluding hydrogens is 463 g/mol. The zero-order valence-corrected chi connectivity index (χ0v) is 19.3. The summed E-state index contributed by atoms with van der Waals surface area (Å²) in [5, 5.41) is 8.82. The van der Waals surface area contributed by atoms with E-state index in [1.807, 2.05) is 18.2 Å². The Morgan fingerprint density at radius 3 is 2.65 bits per heavy atom. The third-order valence-corrected chi connectivity index (χ3v) is 5.51. The predicted molar refractivity (Wildman–Crippen MR) is 130 cm³/mol. The van der Waals surface area contributed by atoms with Gasteiger partial charge in [0.2, 0.25) is 5.95 Å². The molecule has 1 atom stereocenters. The number of aromatic nitrogens is 2. The molecule has 0 bridgehead atoms. The van der Waals surface area contributed by atoms with E-state index in [-0.39, 0.29) is 17.6 Å². The van der Waals surface area contributed by atoms with Gasteiger partial charge in [-0.2, -0.15) is 4.98 Å². The van der Waals surface area contributed by atoms with Crippen molar-refractivity contribution in [1.82, 2.24) is 9.97 Å². The fraction of sp³-hybridized carbons (Fsp3) is 0.273. The Hall–Kier alpha value is -3.48. The van der Waals surface area contributed by atoms with Crippen LogP contribution in [0.5, 0.6) is 5.75 Å². The van der Waals surface area contributed by atoms with Crippen LogP contribution in [0.2, 0.25) is 0 Å². The third kappa shape index (κ3) is 5.90. The molecule has 0 amide bonds.